The van der Waals surface area contributed by atoms with Crippen LogP contribution in [0.15, 0.2) is 16.5 Å². The monoisotopic (exact) mass is 316 g/mol. The fourth-order valence-corrected chi connectivity index (χ4v) is 2.51. The molecular formula is C15H25ClN2O3. The molecule has 120 valence electrons. The second-order valence-electron chi connectivity index (χ2n) is 5.20. The molecule has 1 aliphatic rings. The molecule has 0 aliphatic carbocycles. The SMILES string of the molecule is CCc1ccc(C(COC)NC(=O)C2CCNCC2)o1.Cl. The van der Waals surface area contributed by atoms with E-state index in [2.05, 4.69) is 10.6 Å². The maximum atomic E-state index is 12.3. The zero-order valence-corrected chi connectivity index (χ0v) is 13.5. The summed E-state index contributed by atoms with van der Waals surface area (Å²) in [5, 5.41) is 6.32. The van der Waals surface area contributed by atoms with Crippen molar-refractivity contribution in [3.63, 3.8) is 0 Å². The van der Waals surface area contributed by atoms with Crippen LogP contribution in [0.25, 0.3) is 0 Å². The fourth-order valence-electron chi connectivity index (χ4n) is 2.51. The Morgan fingerprint density at radius 2 is 2.19 bits per heavy atom. The quantitative estimate of drug-likeness (QED) is 0.843. The van der Waals surface area contributed by atoms with Gasteiger partial charge in [-0.05, 0) is 38.1 Å². The van der Waals surface area contributed by atoms with E-state index < -0.39 is 0 Å². The predicted octanol–water partition coefficient (Wildman–Crippen LogP) is 2.07. The molecule has 6 heteroatoms. The number of aryl methyl sites for hydroxylation is 1. The van der Waals surface area contributed by atoms with Crippen LogP contribution in [-0.2, 0) is 16.0 Å². The number of methoxy groups -OCH3 is 1. The first-order valence-electron chi connectivity index (χ1n) is 7.33. The Morgan fingerprint density at radius 3 is 2.76 bits per heavy atom. The molecule has 1 unspecified atom stereocenters. The van der Waals surface area contributed by atoms with Crippen molar-refractivity contribution in [1.29, 1.82) is 0 Å². The van der Waals surface area contributed by atoms with Crippen LogP contribution in [0.2, 0.25) is 0 Å². The Hall–Kier alpha value is -1.04. The van der Waals surface area contributed by atoms with Crippen LogP contribution in [0.5, 0.6) is 0 Å². The van der Waals surface area contributed by atoms with E-state index in [1.807, 2.05) is 19.1 Å². The largest absolute Gasteiger partial charge is 0.464 e. The molecule has 2 heterocycles. The van der Waals surface area contributed by atoms with Crippen LogP contribution < -0.4 is 10.6 Å². The molecular weight excluding hydrogens is 292 g/mol. The van der Waals surface area contributed by atoms with Crippen molar-refractivity contribution in [3.05, 3.63) is 23.7 Å². The van der Waals surface area contributed by atoms with E-state index in [9.17, 15) is 4.79 Å². The molecule has 0 bridgehead atoms. The highest BCUT2D eigenvalue weighted by molar-refractivity contribution is 5.85. The van der Waals surface area contributed by atoms with E-state index in [-0.39, 0.29) is 30.3 Å². The van der Waals surface area contributed by atoms with Gasteiger partial charge in [-0.3, -0.25) is 4.79 Å². The first-order chi connectivity index (χ1) is 9.74. The van der Waals surface area contributed by atoms with Crippen LogP contribution in [0, 0.1) is 5.92 Å². The van der Waals surface area contributed by atoms with Crippen molar-refractivity contribution >= 4 is 18.3 Å². The number of piperidine rings is 1. The van der Waals surface area contributed by atoms with Gasteiger partial charge in [0, 0.05) is 19.4 Å². The van der Waals surface area contributed by atoms with E-state index in [0.29, 0.717) is 6.61 Å². The van der Waals surface area contributed by atoms with Gasteiger partial charge in [0.05, 0.1) is 6.61 Å². The van der Waals surface area contributed by atoms with Gasteiger partial charge < -0.3 is 19.8 Å². The van der Waals surface area contributed by atoms with Gasteiger partial charge in [-0.2, -0.15) is 0 Å². The van der Waals surface area contributed by atoms with Gasteiger partial charge in [-0.1, -0.05) is 6.92 Å². The minimum atomic E-state index is -0.206. The molecule has 0 spiro atoms. The third kappa shape index (κ3) is 5.02. The number of hydrogen-bond donors (Lipinski definition) is 2. The minimum Gasteiger partial charge on any atom is -0.464 e. The Balaban J connectivity index is 0.00000220. The standard InChI is InChI=1S/C15H24N2O3.ClH/c1-3-12-4-5-14(20-12)13(10-19-2)17-15(18)11-6-8-16-9-7-11;/h4-5,11,13,16H,3,6-10H2,1-2H3,(H,17,18);1H. The van der Waals surface area contributed by atoms with Gasteiger partial charge in [0.1, 0.15) is 17.6 Å². The maximum Gasteiger partial charge on any atom is 0.223 e. The normalized spacial score (nSPS) is 17.0. The number of carbonyl (C=O) groups is 1. The maximum absolute atomic E-state index is 12.3. The summed E-state index contributed by atoms with van der Waals surface area (Å²) < 4.78 is 10.9. The fraction of sp³-hybridized carbons (Fsp3) is 0.667. The van der Waals surface area contributed by atoms with Gasteiger partial charge in [-0.15, -0.1) is 12.4 Å². The second kappa shape index (κ2) is 9.07. The molecule has 1 aromatic rings. The molecule has 0 saturated carbocycles. The summed E-state index contributed by atoms with van der Waals surface area (Å²) in [5.41, 5.74) is 0. The summed E-state index contributed by atoms with van der Waals surface area (Å²) in [7, 11) is 1.63. The third-order valence-electron chi connectivity index (χ3n) is 3.73. The molecule has 1 saturated heterocycles. The Labute approximate surface area is 132 Å². The van der Waals surface area contributed by atoms with Crippen molar-refractivity contribution in [2.24, 2.45) is 5.92 Å². The molecule has 21 heavy (non-hydrogen) atoms. The lowest BCUT2D eigenvalue weighted by Gasteiger charge is -2.24. The molecule has 1 aliphatic heterocycles. The number of carbonyl (C=O) groups excluding carboxylic acids is 1. The average Bonchev–Trinajstić information content (AvgIpc) is 2.96. The topological polar surface area (TPSA) is 63.5 Å². The third-order valence-corrected chi connectivity index (χ3v) is 3.73. The second-order valence-corrected chi connectivity index (χ2v) is 5.20. The first kappa shape index (κ1) is 18.0. The lowest BCUT2D eigenvalue weighted by atomic mass is 9.97. The van der Waals surface area contributed by atoms with E-state index >= 15 is 0 Å². The Kier molecular flexibility index (Phi) is 7.78. The van der Waals surface area contributed by atoms with E-state index in [0.717, 1.165) is 43.9 Å². The summed E-state index contributed by atoms with van der Waals surface area (Å²) in [6, 6.07) is 3.67. The van der Waals surface area contributed by atoms with E-state index in [1.165, 1.54) is 0 Å². The van der Waals surface area contributed by atoms with Crippen LogP contribution in [0.3, 0.4) is 0 Å². The summed E-state index contributed by atoms with van der Waals surface area (Å²) in [4.78, 5) is 12.3. The molecule has 1 amide bonds. The molecule has 0 aromatic carbocycles. The first-order valence-corrected chi connectivity index (χ1v) is 7.33. The van der Waals surface area contributed by atoms with Crippen molar-refractivity contribution in [1.82, 2.24) is 10.6 Å². The summed E-state index contributed by atoms with van der Waals surface area (Å²) in [5.74, 6) is 1.89. The number of nitrogens with one attached hydrogen (secondary N) is 2. The molecule has 5 nitrogen and oxygen atoms in total. The molecule has 2 rings (SSSR count). The number of furan rings is 1. The van der Waals surface area contributed by atoms with E-state index in [1.54, 1.807) is 7.11 Å². The van der Waals surface area contributed by atoms with Crippen LogP contribution in [0.1, 0.15) is 37.3 Å². The molecule has 1 fully saturated rings. The van der Waals surface area contributed by atoms with Gasteiger partial charge in [0.15, 0.2) is 0 Å². The van der Waals surface area contributed by atoms with Crippen molar-refractivity contribution in [2.45, 2.75) is 32.2 Å². The smallest absolute Gasteiger partial charge is 0.223 e. The lowest BCUT2D eigenvalue weighted by molar-refractivity contribution is -0.127. The number of amides is 1. The summed E-state index contributed by atoms with van der Waals surface area (Å²) >= 11 is 0. The lowest BCUT2D eigenvalue weighted by Crippen LogP contribution is -2.40. The van der Waals surface area contributed by atoms with Crippen molar-refractivity contribution < 1.29 is 13.9 Å². The highest BCUT2D eigenvalue weighted by Gasteiger charge is 2.25. The number of hydrogen-bond acceptors (Lipinski definition) is 4. The van der Waals surface area contributed by atoms with Crippen LogP contribution >= 0.6 is 12.4 Å². The van der Waals surface area contributed by atoms with Gasteiger partial charge >= 0.3 is 0 Å². The van der Waals surface area contributed by atoms with Gasteiger partial charge in [0.25, 0.3) is 0 Å². The van der Waals surface area contributed by atoms with Crippen LogP contribution in [0.4, 0.5) is 0 Å². The number of rotatable bonds is 6. The Bertz CT molecular complexity index is 430. The molecule has 2 N–H and O–H groups in total. The number of ether oxygens (including phenoxy) is 1. The van der Waals surface area contributed by atoms with Crippen molar-refractivity contribution in [2.75, 3.05) is 26.8 Å². The summed E-state index contributed by atoms with van der Waals surface area (Å²) in [6.07, 6.45) is 2.63. The molecule has 1 atom stereocenters. The average molecular weight is 317 g/mol. The highest BCUT2D eigenvalue weighted by Crippen LogP contribution is 2.20. The number of halogens is 1. The van der Waals surface area contributed by atoms with Gasteiger partial charge in [-0.25, -0.2) is 0 Å². The van der Waals surface area contributed by atoms with E-state index in [4.69, 9.17) is 9.15 Å². The van der Waals surface area contributed by atoms with Crippen molar-refractivity contribution in [3.8, 4) is 0 Å². The molecule has 1 aromatic heterocycles. The van der Waals surface area contributed by atoms with Crippen LogP contribution in [-0.4, -0.2) is 32.7 Å². The predicted molar refractivity (Wildman–Crippen MR) is 83.7 cm³/mol. The molecule has 0 radical (unpaired) electrons. The minimum absolute atomic E-state index is 0. The summed E-state index contributed by atoms with van der Waals surface area (Å²) in [6.45, 7) is 4.29. The Morgan fingerprint density at radius 1 is 1.48 bits per heavy atom. The zero-order valence-electron chi connectivity index (χ0n) is 12.7. The zero-order chi connectivity index (χ0) is 14.4. The highest BCUT2D eigenvalue weighted by atomic mass is 35.5. The van der Waals surface area contributed by atoms with Gasteiger partial charge in [0.2, 0.25) is 5.91 Å².